The minimum Gasteiger partial charge on any atom is -0.497 e. The summed E-state index contributed by atoms with van der Waals surface area (Å²) in [4.78, 5) is 29.9. The number of carbonyl (C=O) groups excluding carboxylic acids is 2. The Morgan fingerprint density at radius 1 is 1.03 bits per heavy atom. The van der Waals surface area contributed by atoms with E-state index in [4.69, 9.17) is 4.74 Å². The SMILES string of the molecule is COc1ccc(CCN2C(=O)N[C@@](C)(C3CCN(Cc4cnn(-c5ccccc5)c4)CC3)C2=O)cc1. The molecule has 36 heavy (non-hydrogen) atoms. The largest absolute Gasteiger partial charge is 0.497 e. The van der Waals surface area contributed by atoms with E-state index in [1.54, 1.807) is 7.11 Å². The monoisotopic (exact) mass is 487 g/mol. The number of hydrogen-bond acceptors (Lipinski definition) is 5. The normalized spacial score (nSPS) is 21.1. The van der Waals surface area contributed by atoms with Crippen LogP contribution in [0.5, 0.6) is 5.75 Å². The summed E-state index contributed by atoms with van der Waals surface area (Å²) >= 11 is 0. The van der Waals surface area contributed by atoms with Crippen LogP contribution in [-0.4, -0.2) is 63.8 Å². The molecular weight excluding hydrogens is 454 g/mol. The molecule has 2 fully saturated rings. The molecule has 0 spiro atoms. The number of urea groups is 1. The van der Waals surface area contributed by atoms with Gasteiger partial charge < -0.3 is 10.1 Å². The Balaban J connectivity index is 1.15. The van der Waals surface area contributed by atoms with Crippen molar-refractivity contribution in [3.05, 3.63) is 78.1 Å². The lowest BCUT2D eigenvalue weighted by Crippen LogP contribution is -2.53. The first-order valence-corrected chi connectivity index (χ1v) is 12.5. The summed E-state index contributed by atoms with van der Waals surface area (Å²) in [5.74, 6) is 0.796. The maximum Gasteiger partial charge on any atom is 0.325 e. The van der Waals surface area contributed by atoms with Crippen molar-refractivity contribution in [3.63, 3.8) is 0 Å². The Hall–Kier alpha value is -3.65. The van der Waals surface area contributed by atoms with Crippen LogP contribution in [0.3, 0.4) is 0 Å². The van der Waals surface area contributed by atoms with Crippen LogP contribution in [0.1, 0.15) is 30.9 Å². The molecule has 2 aliphatic rings. The summed E-state index contributed by atoms with van der Waals surface area (Å²) in [6.07, 6.45) is 6.34. The van der Waals surface area contributed by atoms with Crippen molar-refractivity contribution in [2.75, 3.05) is 26.7 Å². The number of rotatable bonds is 8. The smallest absolute Gasteiger partial charge is 0.325 e. The number of likely N-dealkylation sites (tertiary alicyclic amines) is 1. The maximum atomic E-state index is 13.4. The first kappa shape index (κ1) is 24.1. The lowest BCUT2D eigenvalue weighted by molar-refractivity contribution is -0.133. The van der Waals surface area contributed by atoms with Crippen LogP contribution in [0.4, 0.5) is 4.79 Å². The number of methoxy groups -OCH3 is 1. The Morgan fingerprint density at radius 3 is 2.44 bits per heavy atom. The fourth-order valence-corrected chi connectivity index (χ4v) is 5.32. The number of carbonyl (C=O) groups is 2. The minimum atomic E-state index is -0.846. The minimum absolute atomic E-state index is 0.108. The third-order valence-electron chi connectivity index (χ3n) is 7.55. The van der Waals surface area contributed by atoms with Gasteiger partial charge in [-0.25, -0.2) is 9.48 Å². The first-order valence-electron chi connectivity index (χ1n) is 12.5. The van der Waals surface area contributed by atoms with Gasteiger partial charge in [-0.3, -0.25) is 14.6 Å². The van der Waals surface area contributed by atoms with Gasteiger partial charge in [-0.2, -0.15) is 5.10 Å². The third kappa shape index (κ3) is 4.86. The van der Waals surface area contributed by atoms with Crippen molar-refractivity contribution in [2.45, 2.75) is 38.3 Å². The number of nitrogens with one attached hydrogen (secondary N) is 1. The molecule has 8 nitrogen and oxygen atoms in total. The van der Waals surface area contributed by atoms with E-state index in [0.717, 1.165) is 49.5 Å². The average Bonchev–Trinajstić information content (AvgIpc) is 3.46. The van der Waals surface area contributed by atoms with Gasteiger partial charge in [0.15, 0.2) is 0 Å². The van der Waals surface area contributed by atoms with Gasteiger partial charge in [0, 0.05) is 24.8 Å². The van der Waals surface area contributed by atoms with Crippen LogP contribution < -0.4 is 10.1 Å². The van der Waals surface area contributed by atoms with Gasteiger partial charge in [-0.15, -0.1) is 0 Å². The second-order valence-corrected chi connectivity index (χ2v) is 9.87. The Labute approximate surface area is 211 Å². The molecule has 3 heterocycles. The Kier molecular flexibility index (Phi) is 6.78. The van der Waals surface area contributed by atoms with Gasteiger partial charge in [0.2, 0.25) is 0 Å². The summed E-state index contributed by atoms with van der Waals surface area (Å²) in [7, 11) is 1.63. The van der Waals surface area contributed by atoms with E-state index in [9.17, 15) is 9.59 Å². The molecule has 1 N–H and O–H groups in total. The van der Waals surface area contributed by atoms with E-state index in [-0.39, 0.29) is 17.9 Å². The number of para-hydroxylation sites is 1. The van der Waals surface area contributed by atoms with E-state index in [0.29, 0.717) is 13.0 Å². The molecule has 2 aliphatic heterocycles. The number of hydrogen-bond donors (Lipinski definition) is 1. The average molecular weight is 488 g/mol. The van der Waals surface area contributed by atoms with Gasteiger partial charge in [0.25, 0.3) is 5.91 Å². The lowest BCUT2D eigenvalue weighted by atomic mass is 9.79. The molecule has 5 rings (SSSR count). The molecule has 0 radical (unpaired) electrons. The number of nitrogens with zero attached hydrogens (tertiary/aromatic N) is 4. The molecule has 2 saturated heterocycles. The summed E-state index contributed by atoms with van der Waals surface area (Å²) in [6.45, 7) is 4.85. The van der Waals surface area contributed by atoms with Crippen molar-refractivity contribution in [3.8, 4) is 11.4 Å². The highest BCUT2D eigenvalue weighted by atomic mass is 16.5. The molecule has 0 unspecified atom stereocenters. The van der Waals surface area contributed by atoms with Crippen molar-refractivity contribution in [1.29, 1.82) is 0 Å². The fourth-order valence-electron chi connectivity index (χ4n) is 5.32. The van der Waals surface area contributed by atoms with Crippen molar-refractivity contribution < 1.29 is 14.3 Å². The Bertz CT molecular complexity index is 1200. The van der Waals surface area contributed by atoms with Gasteiger partial charge in [0.05, 0.1) is 19.0 Å². The molecule has 2 aromatic carbocycles. The quantitative estimate of drug-likeness (QED) is 0.491. The predicted molar refractivity (Wildman–Crippen MR) is 137 cm³/mol. The van der Waals surface area contributed by atoms with Gasteiger partial charge in [-0.05, 0) is 75.0 Å². The molecule has 0 saturated carbocycles. The highest BCUT2D eigenvalue weighted by Crippen LogP contribution is 2.34. The summed E-state index contributed by atoms with van der Waals surface area (Å²) in [5, 5.41) is 7.53. The number of amides is 3. The summed E-state index contributed by atoms with van der Waals surface area (Å²) in [5.41, 5.74) is 2.43. The molecule has 3 aromatic rings. The molecule has 0 bridgehead atoms. The van der Waals surface area contributed by atoms with Crippen molar-refractivity contribution in [2.24, 2.45) is 5.92 Å². The molecule has 1 aromatic heterocycles. The number of aromatic nitrogens is 2. The molecule has 0 aliphatic carbocycles. The first-order chi connectivity index (χ1) is 17.5. The van der Waals surface area contributed by atoms with E-state index in [1.807, 2.05) is 72.4 Å². The summed E-state index contributed by atoms with van der Waals surface area (Å²) in [6, 6.07) is 17.5. The topological polar surface area (TPSA) is 79.7 Å². The van der Waals surface area contributed by atoms with E-state index in [1.165, 1.54) is 10.5 Å². The van der Waals surface area contributed by atoms with Crippen LogP contribution in [0.2, 0.25) is 0 Å². The second kappa shape index (κ2) is 10.1. The lowest BCUT2D eigenvalue weighted by Gasteiger charge is -2.38. The van der Waals surface area contributed by atoms with Crippen LogP contribution in [0.25, 0.3) is 5.69 Å². The van der Waals surface area contributed by atoms with Crippen LogP contribution in [-0.2, 0) is 17.8 Å². The number of piperidine rings is 1. The summed E-state index contributed by atoms with van der Waals surface area (Å²) < 4.78 is 7.10. The van der Waals surface area contributed by atoms with Crippen LogP contribution >= 0.6 is 0 Å². The molecule has 3 amide bonds. The van der Waals surface area contributed by atoms with Crippen molar-refractivity contribution in [1.82, 2.24) is 24.9 Å². The highest BCUT2D eigenvalue weighted by Gasteiger charge is 2.52. The zero-order valence-electron chi connectivity index (χ0n) is 20.9. The molecule has 8 heteroatoms. The van der Waals surface area contributed by atoms with E-state index >= 15 is 0 Å². The van der Waals surface area contributed by atoms with E-state index in [2.05, 4.69) is 21.5 Å². The van der Waals surface area contributed by atoms with Gasteiger partial charge >= 0.3 is 6.03 Å². The van der Waals surface area contributed by atoms with Crippen molar-refractivity contribution >= 4 is 11.9 Å². The van der Waals surface area contributed by atoms with Crippen LogP contribution in [0, 0.1) is 5.92 Å². The number of benzene rings is 2. The Morgan fingerprint density at radius 2 is 1.75 bits per heavy atom. The zero-order valence-corrected chi connectivity index (χ0v) is 20.9. The molecule has 1 atom stereocenters. The van der Waals surface area contributed by atoms with E-state index < -0.39 is 5.54 Å². The number of imide groups is 1. The standard InChI is InChI=1S/C28H33N5O3/c1-28(26(34)32(27(35)30-28)17-12-21-8-10-25(36-2)11-9-21)23-13-15-31(16-14-23)19-22-18-29-33(20-22)24-6-4-3-5-7-24/h3-11,18,20,23H,12-17,19H2,1-2H3,(H,30,35)/t28-/m0/s1. The number of ether oxygens (including phenoxy) is 1. The molecule has 188 valence electrons. The van der Waals surface area contributed by atoms with Gasteiger partial charge in [-0.1, -0.05) is 30.3 Å². The zero-order chi connectivity index (χ0) is 25.1. The van der Waals surface area contributed by atoms with Crippen LogP contribution in [0.15, 0.2) is 67.0 Å². The third-order valence-corrected chi connectivity index (χ3v) is 7.55. The molecular formula is C28H33N5O3. The predicted octanol–water partition coefficient (Wildman–Crippen LogP) is 3.65. The maximum absolute atomic E-state index is 13.4. The fraction of sp³-hybridized carbons (Fsp3) is 0.393. The van der Waals surface area contributed by atoms with Gasteiger partial charge in [0.1, 0.15) is 11.3 Å². The highest BCUT2D eigenvalue weighted by molar-refractivity contribution is 6.07. The second-order valence-electron chi connectivity index (χ2n) is 9.87.